The average Bonchev–Trinajstić information content (AvgIpc) is 3.34. The fourth-order valence-corrected chi connectivity index (χ4v) is 4.04. The Morgan fingerprint density at radius 2 is 1.85 bits per heavy atom. The standard InChI is InChI=1S/C21H19NO5/c23-19(12-17-14-5-1-2-6-15(14)20(24)25-17)22-13-7-8-16-18(11-13)27-21(26-16)9-3-4-10-21/h1-2,5-8,11,17H,3-4,9-10,12H2,(H,22,23)/t17-/m0/s1. The van der Waals surface area contributed by atoms with E-state index >= 15 is 0 Å². The highest BCUT2D eigenvalue weighted by Crippen LogP contribution is 2.47. The van der Waals surface area contributed by atoms with Crippen molar-refractivity contribution in [2.24, 2.45) is 0 Å². The van der Waals surface area contributed by atoms with Gasteiger partial charge in [0.05, 0.1) is 12.0 Å². The number of hydrogen-bond donors (Lipinski definition) is 1. The summed E-state index contributed by atoms with van der Waals surface area (Å²) in [5.74, 6) is 0.250. The van der Waals surface area contributed by atoms with Crippen LogP contribution in [0.2, 0.25) is 0 Å². The molecule has 1 saturated carbocycles. The van der Waals surface area contributed by atoms with Gasteiger partial charge in [-0.15, -0.1) is 0 Å². The summed E-state index contributed by atoms with van der Waals surface area (Å²) in [7, 11) is 0. The molecule has 0 bridgehead atoms. The number of ether oxygens (including phenoxy) is 3. The second-order valence-corrected chi connectivity index (χ2v) is 7.22. The summed E-state index contributed by atoms with van der Waals surface area (Å²) in [5, 5.41) is 2.86. The van der Waals surface area contributed by atoms with Gasteiger partial charge in [0.15, 0.2) is 11.5 Å². The summed E-state index contributed by atoms with van der Waals surface area (Å²) < 4.78 is 17.3. The van der Waals surface area contributed by atoms with Crippen molar-refractivity contribution in [2.45, 2.75) is 44.0 Å². The van der Waals surface area contributed by atoms with Crippen molar-refractivity contribution in [3.8, 4) is 11.5 Å². The predicted octanol–water partition coefficient (Wildman–Crippen LogP) is 3.97. The highest BCUT2D eigenvalue weighted by Gasteiger charge is 2.44. The van der Waals surface area contributed by atoms with Crippen molar-refractivity contribution in [2.75, 3.05) is 5.32 Å². The molecule has 1 amide bonds. The van der Waals surface area contributed by atoms with Crippen LogP contribution in [0.5, 0.6) is 11.5 Å². The van der Waals surface area contributed by atoms with Crippen LogP contribution in [0.25, 0.3) is 0 Å². The highest BCUT2D eigenvalue weighted by atomic mass is 16.7. The van der Waals surface area contributed by atoms with Crippen LogP contribution in [0.15, 0.2) is 42.5 Å². The Kier molecular flexibility index (Phi) is 3.60. The molecule has 3 aliphatic rings. The molecule has 1 fully saturated rings. The lowest BCUT2D eigenvalue weighted by atomic mass is 10.0. The van der Waals surface area contributed by atoms with E-state index in [1.807, 2.05) is 18.2 Å². The number of rotatable bonds is 3. The van der Waals surface area contributed by atoms with E-state index in [1.165, 1.54) is 0 Å². The Hall–Kier alpha value is -3.02. The number of anilines is 1. The lowest BCUT2D eigenvalue weighted by Crippen LogP contribution is -2.34. The van der Waals surface area contributed by atoms with E-state index in [4.69, 9.17) is 14.2 Å². The third-order valence-corrected chi connectivity index (χ3v) is 5.33. The van der Waals surface area contributed by atoms with Crippen molar-refractivity contribution in [1.82, 2.24) is 0 Å². The number of nitrogens with one attached hydrogen (secondary N) is 1. The van der Waals surface area contributed by atoms with Gasteiger partial charge in [0, 0.05) is 30.2 Å². The van der Waals surface area contributed by atoms with Crippen LogP contribution in [0.4, 0.5) is 5.69 Å². The van der Waals surface area contributed by atoms with Gasteiger partial charge in [0.25, 0.3) is 5.79 Å². The maximum atomic E-state index is 12.5. The third-order valence-electron chi connectivity index (χ3n) is 5.33. The first-order valence-electron chi connectivity index (χ1n) is 9.24. The molecule has 0 radical (unpaired) electrons. The quantitative estimate of drug-likeness (QED) is 0.833. The Morgan fingerprint density at radius 3 is 2.70 bits per heavy atom. The summed E-state index contributed by atoms with van der Waals surface area (Å²) in [5.41, 5.74) is 1.92. The molecule has 2 aliphatic heterocycles. The van der Waals surface area contributed by atoms with E-state index in [2.05, 4.69) is 5.32 Å². The van der Waals surface area contributed by atoms with Crippen LogP contribution < -0.4 is 14.8 Å². The molecule has 6 nitrogen and oxygen atoms in total. The minimum Gasteiger partial charge on any atom is -0.453 e. The van der Waals surface area contributed by atoms with Gasteiger partial charge in [-0.25, -0.2) is 4.79 Å². The van der Waals surface area contributed by atoms with Crippen molar-refractivity contribution in [1.29, 1.82) is 0 Å². The Bertz CT molecular complexity index is 932. The molecule has 5 rings (SSSR count). The lowest BCUT2D eigenvalue weighted by molar-refractivity contribution is -0.118. The van der Waals surface area contributed by atoms with Crippen molar-refractivity contribution in [3.63, 3.8) is 0 Å². The van der Waals surface area contributed by atoms with Crippen LogP contribution >= 0.6 is 0 Å². The summed E-state index contributed by atoms with van der Waals surface area (Å²) in [4.78, 5) is 24.3. The number of fused-ring (bicyclic) bond motifs is 2. The van der Waals surface area contributed by atoms with Gasteiger partial charge >= 0.3 is 5.97 Å². The average molecular weight is 365 g/mol. The first kappa shape index (κ1) is 16.2. The van der Waals surface area contributed by atoms with Gasteiger partial charge in [0.2, 0.25) is 5.91 Å². The molecule has 1 atom stereocenters. The van der Waals surface area contributed by atoms with Crippen molar-refractivity contribution in [3.05, 3.63) is 53.6 Å². The van der Waals surface area contributed by atoms with Crippen molar-refractivity contribution >= 4 is 17.6 Å². The van der Waals surface area contributed by atoms with E-state index in [0.717, 1.165) is 31.2 Å². The number of carbonyl (C=O) groups is 2. The molecular formula is C21H19NO5. The molecule has 1 spiro atoms. The van der Waals surface area contributed by atoms with Crippen molar-refractivity contribution < 1.29 is 23.8 Å². The summed E-state index contributed by atoms with van der Waals surface area (Å²) in [6.45, 7) is 0. The fraction of sp³-hybridized carbons (Fsp3) is 0.333. The number of esters is 1. The molecule has 27 heavy (non-hydrogen) atoms. The molecule has 6 heteroatoms. The van der Waals surface area contributed by atoms with E-state index < -0.39 is 11.9 Å². The van der Waals surface area contributed by atoms with Gasteiger partial charge in [-0.3, -0.25) is 4.79 Å². The van der Waals surface area contributed by atoms with Crippen LogP contribution in [0.1, 0.15) is 54.1 Å². The molecule has 0 aromatic heterocycles. The maximum Gasteiger partial charge on any atom is 0.339 e. The van der Waals surface area contributed by atoms with Crippen LogP contribution in [-0.4, -0.2) is 17.7 Å². The molecule has 138 valence electrons. The molecule has 1 aliphatic carbocycles. The monoisotopic (exact) mass is 365 g/mol. The maximum absolute atomic E-state index is 12.5. The second kappa shape index (κ2) is 6.01. The normalized spacial score (nSPS) is 21.2. The van der Waals surface area contributed by atoms with Gasteiger partial charge in [0.1, 0.15) is 6.10 Å². The number of hydrogen-bond acceptors (Lipinski definition) is 5. The topological polar surface area (TPSA) is 73.9 Å². The van der Waals surface area contributed by atoms with Crippen LogP contribution in [0.3, 0.4) is 0 Å². The molecule has 0 saturated heterocycles. The molecule has 2 aromatic carbocycles. The summed E-state index contributed by atoms with van der Waals surface area (Å²) in [6.07, 6.45) is 3.48. The zero-order valence-electron chi connectivity index (χ0n) is 14.7. The second-order valence-electron chi connectivity index (χ2n) is 7.22. The van der Waals surface area contributed by atoms with Gasteiger partial charge in [-0.05, 0) is 31.0 Å². The summed E-state index contributed by atoms with van der Waals surface area (Å²) in [6, 6.07) is 12.6. The van der Waals surface area contributed by atoms with Gasteiger partial charge in [-0.2, -0.15) is 0 Å². The third kappa shape index (κ3) is 2.81. The number of benzene rings is 2. The van der Waals surface area contributed by atoms with E-state index in [9.17, 15) is 9.59 Å². The fourth-order valence-electron chi connectivity index (χ4n) is 4.04. The SMILES string of the molecule is O=C(C[C@@H]1OC(=O)c2ccccc21)Nc1ccc2c(c1)OC1(CCCC1)O2. The highest BCUT2D eigenvalue weighted by molar-refractivity contribution is 5.96. The molecule has 0 unspecified atom stereocenters. The van der Waals surface area contributed by atoms with Crippen LogP contribution in [0, 0.1) is 0 Å². The van der Waals surface area contributed by atoms with E-state index in [1.54, 1.807) is 24.3 Å². The van der Waals surface area contributed by atoms with Gasteiger partial charge < -0.3 is 19.5 Å². The number of cyclic esters (lactones) is 1. The smallest absolute Gasteiger partial charge is 0.339 e. The minimum absolute atomic E-state index is 0.0706. The molecule has 2 heterocycles. The van der Waals surface area contributed by atoms with E-state index in [0.29, 0.717) is 22.7 Å². The Morgan fingerprint density at radius 1 is 1.07 bits per heavy atom. The van der Waals surface area contributed by atoms with Gasteiger partial charge in [-0.1, -0.05) is 18.2 Å². The first-order chi connectivity index (χ1) is 13.1. The Labute approximate surface area is 156 Å². The molecular weight excluding hydrogens is 346 g/mol. The van der Waals surface area contributed by atoms with Crippen LogP contribution in [-0.2, 0) is 9.53 Å². The predicted molar refractivity (Wildman–Crippen MR) is 96.7 cm³/mol. The largest absolute Gasteiger partial charge is 0.453 e. The zero-order chi connectivity index (χ0) is 18.4. The number of amides is 1. The lowest BCUT2D eigenvalue weighted by Gasteiger charge is -2.21. The minimum atomic E-state index is -0.551. The van der Waals surface area contributed by atoms with E-state index in [-0.39, 0.29) is 18.3 Å². The number of carbonyl (C=O) groups excluding carboxylic acids is 2. The molecule has 1 N–H and O–H groups in total. The zero-order valence-corrected chi connectivity index (χ0v) is 14.7. The first-order valence-corrected chi connectivity index (χ1v) is 9.24. The Balaban J connectivity index is 1.27. The summed E-state index contributed by atoms with van der Waals surface area (Å²) >= 11 is 0. The molecule has 2 aromatic rings.